The van der Waals surface area contributed by atoms with Crippen LogP contribution in [-0.2, 0) is 19.6 Å². The third kappa shape index (κ3) is 6.36. The van der Waals surface area contributed by atoms with Crippen LogP contribution in [0, 0.1) is 6.92 Å². The van der Waals surface area contributed by atoms with Gasteiger partial charge in [-0.25, -0.2) is 8.42 Å². The van der Waals surface area contributed by atoms with E-state index in [0.717, 1.165) is 30.4 Å². The summed E-state index contributed by atoms with van der Waals surface area (Å²) < 4.78 is 27.9. The van der Waals surface area contributed by atoms with Crippen LogP contribution in [0.5, 0.6) is 0 Å². The number of hydrogen-bond donors (Lipinski definition) is 2. The highest BCUT2D eigenvalue weighted by molar-refractivity contribution is 7.89. The van der Waals surface area contributed by atoms with E-state index < -0.39 is 16.1 Å². The fourth-order valence-corrected chi connectivity index (χ4v) is 5.65. The first kappa shape index (κ1) is 25.7. The number of carbonyl (C=O) groups is 2. The van der Waals surface area contributed by atoms with Gasteiger partial charge in [-0.1, -0.05) is 36.2 Å². The van der Waals surface area contributed by atoms with Crippen molar-refractivity contribution in [1.82, 2.24) is 9.62 Å². The molecule has 2 N–H and O–H groups in total. The van der Waals surface area contributed by atoms with Gasteiger partial charge in [0.25, 0.3) is 0 Å². The average molecular weight is 487 g/mol. The summed E-state index contributed by atoms with van der Waals surface area (Å²) in [6.07, 6.45) is 2.74. The molecular formula is C25H34N4O4S. The molecule has 1 heterocycles. The third-order valence-electron chi connectivity index (χ3n) is 5.92. The first-order chi connectivity index (χ1) is 16.1. The van der Waals surface area contributed by atoms with Crippen molar-refractivity contribution in [2.45, 2.75) is 50.5 Å². The zero-order chi connectivity index (χ0) is 24.9. The zero-order valence-corrected chi connectivity index (χ0v) is 21.1. The molecule has 2 amide bonds. The largest absolute Gasteiger partial charge is 0.376 e. The molecule has 2 aromatic rings. The number of hydrogen-bond acceptors (Lipinski definition) is 5. The summed E-state index contributed by atoms with van der Waals surface area (Å²) in [4.78, 5) is 26.8. The van der Waals surface area contributed by atoms with Crippen LogP contribution in [0.4, 0.5) is 11.4 Å². The Balaban J connectivity index is 1.85. The van der Waals surface area contributed by atoms with Crippen molar-refractivity contribution in [3.8, 4) is 0 Å². The maximum Gasteiger partial charge on any atom is 0.243 e. The standard InChI is InChI=1S/C25H34N4O4S/c1-18-8-10-20(11-9-18)22(26-19(2)30)17-25(31)27-23-16-21(12-13-24(23)28(3)4)34(32,33)29-14-6-5-7-15-29/h8-13,16,22H,5-7,14-15,17H2,1-4H3,(H,26,30)(H,27,31). The second kappa shape index (κ2) is 11.0. The Labute approximate surface area is 202 Å². The zero-order valence-electron chi connectivity index (χ0n) is 20.3. The molecule has 0 bridgehead atoms. The topological polar surface area (TPSA) is 98.8 Å². The van der Waals surface area contributed by atoms with Crippen molar-refractivity contribution in [3.05, 3.63) is 53.6 Å². The normalized spacial score (nSPS) is 15.4. The number of sulfonamides is 1. The van der Waals surface area contributed by atoms with Gasteiger partial charge in [0.1, 0.15) is 0 Å². The summed E-state index contributed by atoms with van der Waals surface area (Å²) in [6.45, 7) is 4.40. The Hall–Kier alpha value is -2.91. The van der Waals surface area contributed by atoms with Crippen LogP contribution in [0.3, 0.4) is 0 Å². The fraction of sp³-hybridized carbons (Fsp3) is 0.440. The quantitative estimate of drug-likeness (QED) is 0.596. The predicted molar refractivity (Wildman–Crippen MR) is 134 cm³/mol. The highest BCUT2D eigenvalue weighted by Crippen LogP contribution is 2.30. The van der Waals surface area contributed by atoms with Gasteiger partial charge in [-0.3, -0.25) is 9.59 Å². The molecule has 184 valence electrons. The van der Waals surface area contributed by atoms with Crippen LogP contribution in [0.25, 0.3) is 0 Å². The lowest BCUT2D eigenvalue weighted by molar-refractivity contribution is -0.120. The Morgan fingerprint density at radius 3 is 2.26 bits per heavy atom. The van der Waals surface area contributed by atoms with Gasteiger partial charge in [0.15, 0.2) is 0 Å². The predicted octanol–water partition coefficient (Wildman–Crippen LogP) is 3.44. The monoisotopic (exact) mass is 486 g/mol. The van der Waals surface area contributed by atoms with E-state index >= 15 is 0 Å². The Morgan fingerprint density at radius 2 is 1.68 bits per heavy atom. The minimum Gasteiger partial charge on any atom is -0.376 e. The van der Waals surface area contributed by atoms with Crippen LogP contribution < -0.4 is 15.5 Å². The number of rotatable bonds is 8. The molecule has 1 aliphatic rings. The van der Waals surface area contributed by atoms with E-state index in [1.54, 1.807) is 12.1 Å². The minimum atomic E-state index is -3.64. The van der Waals surface area contributed by atoms with E-state index in [-0.39, 0.29) is 23.1 Å². The van der Waals surface area contributed by atoms with Crippen LogP contribution >= 0.6 is 0 Å². The van der Waals surface area contributed by atoms with E-state index in [4.69, 9.17) is 0 Å². The number of amides is 2. The summed E-state index contributed by atoms with van der Waals surface area (Å²) in [5.41, 5.74) is 3.01. The molecule has 1 saturated heterocycles. The molecule has 1 fully saturated rings. The van der Waals surface area contributed by atoms with Crippen molar-refractivity contribution in [2.75, 3.05) is 37.4 Å². The van der Waals surface area contributed by atoms with Crippen molar-refractivity contribution < 1.29 is 18.0 Å². The molecule has 0 aromatic heterocycles. The number of benzene rings is 2. The molecule has 3 rings (SSSR count). The summed E-state index contributed by atoms with van der Waals surface area (Å²) in [5, 5.41) is 5.71. The molecular weight excluding hydrogens is 452 g/mol. The Bertz CT molecular complexity index is 1120. The number of piperidine rings is 1. The lowest BCUT2D eigenvalue weighted by Crippen LogP contribution is -2.35. The molecule has 34 heavy (non-hydrogen) atoms. The lowest BCUT2D eigenvalue weighted by Gasteiger charge is -2.27. The summed E-state index contributed by atoms with van der Waals surface area (Å²) in [6, 6.07) is 12.0. The van der Waals surface area contributed by atoms with Crippen molar-refractivity contribution in [2.24, 2.45) is 0 Å². The van der Waals surface area contributed by atoms with Gasteiger partial charge < -0.3 is 15.5 Å². The smallest absolute Gasteiger partial charge is 0.243 e. The molecule has 8 nitrogen and oxygen atoms in total. The number of nitrogens with zero attached hydrogens (tertiary/aromatic N) is 2. The Morgan fingerprint density at radius 1 is 1.03 bits per heavy atom. The molecule has 2 aromatic carbocycles. The lowest BCUT2D eigenvalue weighted by atomic mass is 10.0. The second-order valence-electron chi connectivity index (χ2n) is 8.95. The SMILES string of the molecule is CC(=O)NC(CC(=O)Nc1cc(S(=O)(=O)N2CCCCC2)ccc1N(C)C)c1ccc(C)cc1. The van der Waals surface area contributed by atoms with Crippen molar-refractivity contribution in [3.63, 3.8) is 0 Å². The molecule has 0 saturated carbocycles. The Kier molecular flexibility index (Phi) is 8.33. The van der Waals surface area contributed by atoms with Gasteiger partial charge in [0.2, 0.25) is 21.8 Å². The number of aryl methyl sites for hydroxylation is 1. The first-order valence-electron chi connectivity index (χ1n) is 11.5. The van der Waals surface area contributed by atoms with E-state index in [1.807, 2.05) is 50.2 Å². The molecule has 0 spiro atoms. The third-order valence-corrected chi connectivity index (χ3v) is 7.82. The van der Waals surface area contributed by atoms with Gasteiger partial charge in [-0.2, -0.15) is 4.31 Å². The maximum atomic E-state index is 13.2. The van der Waals surface area contributed by atoms with Crippen molar-refractivity contribution >= 4 is 33.2 Å². The molecule has 1 atom stereocenters. The van der Waals surface area contributed by atoms with Gasteiger partial charge in [0, 0.05) is 34.1 Å². The van der Waals surface area contributed by atoms with Gasteiger partial charge in [-0.15, -0.1) is 0 Å². The number of anilines is 2. The van der Waals surface area contributed by atoms with E-state index in [9.17, 15) is 18.0 Å². The van der Waals surface area contributed by atoms with Crippen LogP contribution in [0.1, 0.15) is 49.8 Å². The molecule has 0 radical (unpaired) electrons. The highest BCUT2D eigenvalue weighted by Gasteiger charge is 2.27. The van der Waals surface area contributed by atoms with Crippen LogP contribution in [0.2, 0.25) is 0 Å². The van der Waals surface area contributed by atoms with Crippen molar-refractivity contribution in [1.29, 1.82) is 0 Å². The molecule has 0 aliphatic carbocycles. The highest BCUT2D eigenvalue weighted by atomic mass is 32.2. The van der Waals surface area contributed by atoms with E-state index in [1.165, 1.54) is 17.3 Å². The molecule has 1 unspecified atom stereocenters. The summed E-state index contributed by atoms with van der Waals surface area (Å²) in [5.74, 6) is -0.558. The van der Waals surface area contributed by atoms with Gasteiger partial charge in [-0.05, 0) is 43.5 Å². The molecule has 9 heteroatoms. The summed E-state index contributed by atoms with van der Waals surface area (Å²) >= 11 is 0. The average Bonchev–Trinajstić information content (AvgIpc) is 2.79. The van der Waals surface area contributed by atoms with E-state index in [0.29, 0.717) is 24.5 Å². The fourth-order valence-electron chi connectivity index (χ4n) is 4.10. The maximum absolute atomic E-state index is 13.2. The van der Waals surface area contributed by atoms with Gasteiger partial charge >= 0.3 is 0 Å². The molecule has 1 aliphatic heterocycles. The summed E-state index contributed by atoms with van der Waals surface area (Å²) in [7, 11) is 0.0168. The second-order valence-corrected chi connectivity index (χ2v) is 10.9. The number of nitrogens with one attached hydrogen (secondary N) is 2. The van der Waals surface area contributed by atoms with Gasteiger partial charge in [0.05, 0.1) is 28.7 Å². The van der Waals surface area contributed by atoms with Crippen LogP contribution in [-0.4, -0.2) is 51.7 Å². The minimum absolute atomic E-state index is 0.0125. The first-order valence-corrected chi connectivity index (χ1v) is 13.0. The number of carbonyl (C=O) groups excluding carboxylic acids is 2. The van der Waals surface area contributed by atoms with Crippen LogP contribution in [0.15, 0.2) is 47.4 Å². The van der Waals surface area contributed by atoms with E-state index in [2.05, 4.69) is 10.6 Å².